The molecule has 1 amide bonds. The van der Waals surface area contributed by atoms with Gasteiger partial charge in [0, 0.05) is 11.9 Å². The van der Waals surface area contributed by atoms with Gasteiger partial charge < -0.3 is 10.0 Å². The number of likely N-dealkylation sites (tertiary alicyclic amines) is 1. The highest BCUT2D eigenvalue weighted by molar-refractivity contribution is 5.90. The second kappa shape index (κ2) is 9.49. The van der Waals surface area contributed by atoms with E-state index in [1.807, 2.05) is 0 Å². The van der Waals surface area contributed by atoms with E-state index in [0.29, 0.717) is 15.3 Å². The van der Waals surface area contributed by atoms with Gasteiger partial charge in [-0.1, -0.05) is 36.4 Å². The summed E-state index contributed by atoms with van der Waals surface area (Å²) in [4.78, 5) is 25.4. The van der Waals surface area contributed by atoms with Crippen LogP contribution in [0.5, 0.6) is 5.88 Å². The average molecular weight is 689 g/mol. The molecular formula is C25H14F15N3O3. The lowest BCUT2D eigenvalue weighted by Crippen LogP contribution is -2.74. The number of nitrogens with zero attached hydrogens (tertiary/aromatic N) is 3. The number of rotatable bonds is 7. The quantitative estimate of drug-likeness (QED) is 0.281. The van der Waals surface area contributed by atoms with Crippen molar-refractivity contribution in [1.82, 2.24) is 14.0 Å². The molecule has 2 aromatic carbocycles. The van der Waals surface area contributed by atoms with Gasteiger partial charge in [0.25, 0.3) is 0 Å². The zero-order valence-corrected chi connectivity index (χ0v) is 21.9. The zero-order chi connectivity index (χ0) is 34.8. The predicted molar refractivity (Wildman–Crippen MR) is 123 cm³/mol. The molecule has 1 N–H and O–H groups in total. The number of carbonyl (C=O) groups excluding carboxylic acids is 1. The molecule has 2 aliphatic rings. The van der Waals surface area contributed by atoms with Crippen molar-refractivity contribution >= 4 is 16.7 Å². The molecule has 0 radical (unpaired) electrons. The van der Waals surface area contributed by atoms with Gasteiger partial charge in [-0.05, 0) is 17.9 Å². The molecule has 1 saturated heterocycles. The van der Waals surface area contributed by atoms with Gasteiger partial charge in [0.1, 0.15) is 5.69 Å². The van der Waals surface area contributed by atoms with Crippen molar-refractivity contribution in [3.05, 3.63) is 58.6 Å². The first-order valence-corrected chi connectivity index (χ1v) is 12.5. The maximum absolute atomic E-state index is 14.8. The van der Waals surface area contributed by atoms with Crippen molar-refractivity contribution in [2.24, 2.45) is 0 Å². The van der Waals surface area contributed by atoms with E-state index >= 15 is 0 Å². The summed E-state index contributed by atoms with van der Waals surface area (Å²) in [5.41, 5.74) is -1.75. The molecule has 2 atom stereocenters. The minimum absolute atomic E-state index is 0.00454. The van der Waals surface area contributed by atoms with Crippen LogP contribution < -0.4 is 5.69 Å². The highest BCUT2D eigenvalue weighted by atomic mass is 19.4. The number of amides is 1. The van der Waals surface area contributed by atoms with Crippen LogP contribution in [0.3, 0.4) is 0 Å². The summed E-state index contributed by atoms with van der Waals surface area (Å²) in [6, 6.07) is 7.15. The van der Waals surface area contributed by atoms with Crippen LogP contribution in [-0.2, 0) is 4.79 Å². The molecule has 1 aromatic heterocycles. The van der Waals surface area contributed by atoms with Crippen LogP contribution in [0.25, 0.3) is 16.5 Å². The van der Waals surface area contributed by atoms with Crippen molar-refractivity contribution in [3.63, 3.8) is 0 Å². The molecule has 3 aromatic rings. The van der Waals surface area contributed by atoms with Crippen LogP contribution in [0.15, 0.2) is 47.3 Å². The topological polar surface area (TPSA) is 67.5 Å². The van der Waals surface area contributed by atoms with Gasteiger partial charge >= 0.3 is 53.3 Å². The smallest absolute Gasteiger partial charge is 0.460 e. The third-order valence-corrected chi connectivity index (χ3v) is 7.92. The fourth-order valence-corrected chi connectivity index (χ4v) is 5.57. The summed E-state index contributed by atoms with van der Waals surface area (Å²) in [6.45, 7) is -1.19. The lowest BCUT2D eigenvalue weighted by molar-refractivity contribution is -0.450. The Morgan fingerprint density at radius 1 is 0.717 bits per heavy atom. The zero-order valence-electron chi connectivity index (χ0n) is 21.9. The minimum atomic E-state index is -8.54. The highest BCUT2D eigenvalue weighted by Crippen LogP contribution is 2.63. The highest BCUT2D eigenvalue weighted by Gasteiger charge is 2.94. The fourth-order valence-electron chi connectivity index (χ4n) is 5.57. The average Bonchev–Trinajstić information content (AvgIpc) is 3.62. The van der Waals surface area contributed by atoms with E-state index in [9.17, 15) is 80.6 Å². The first kappa shape index (κ1) is 33.3. The van der Waals surface area contributed by atoms with Gasteiger partial charge in [-0.2, -0.15) is 65.9 Å². The third-order valence-electron chi connectivity index (χ3n) is 7.92. The number of fused-ring (bicyclic) bond motifs is 6. The summed E-state index contributed by atoms with van der Waals surface area (Å²) < 4.78 is 206. The summed E-state index contributed by atoms with van der Waals surface area (Å²) in [7, 11) is 0. The fraction of sp³-hybridized carbons (Fsp3) is 0.440. The van der Waals surface area contributed by atoms with Crippen molar-refractivity contribution < 1.29 is 75.8 Å². The Bertz CT molecular complexity index is 1790. The molecule has 46 heavy (non-hydrogen) atoms. The van der Waals surface area contributed by atoms with E-state index in [-0.39, 0.29) is 10.6 Å². The number of benzene rings is 2. The summed E-state index contributed by atoms with van der Waals surface area (Å²) in [5, 5.41) is 11.8. The van der Waals surface area contributed by atoms with E-state index in [0.717, 1.165) is 4.57 Å². The second-order valence-corrected chi connectivity index (χ2v) is 10.5. The van der Waals surface area contributed by atoms with Crippen LogP contribution in [0, 0.1) is 0 Å². The van der Waals surface area contributed by atoms with Crippen LogP contribution in [0.2, 0.25) is 0 Å². The number of imidazole rings is 1. The van der Waals surface area contributed by atoms with E-state index in [1.54, 1.807) is 18.2 Å². The molecular weight excluding hydrogens is 675 g/mol. The SMILES string of the molecule is O=C(N1CC2CC1c1c(O)n(-c3cccc4ccccc34)c(=O)n12)C(F)(F)C(F)(F)C(F)(F)C(F)(F)C(F)(F)C(F)(F)C(F)(F)F. The number of aromatic nitrogens is 2. The van der Waals surface area contributed by atoms with E-state index in [1.165, 1.54) is 24.3 Å². The van der Waals surface area contributed by atoms with E-state index in [2.05, 4.69) is 0 Å². The van der Waals surface area contributed by atoms with Crippen molar-refractivity contribution in [3.8, 4) is 11.6 Å². The van der Waals surface area contributed by atoms with Crippen LogP contribution in [0.4, 0.5) is 65.9 Å². The molecule has 6 nitrogen and oxygen atoms in total. The normalized spacial score (nSPS) is 19.7. The standard InChI is InChI=1S/C25H14F15N3O3/c26-19(27,20(28,29)21(30,31)22(32,33)23(34,35)24(36,37)25(38,39)40)17(45)41-9-11-8-14(41)15-16(44)43(18(46)42(11)15)13-7-3-5-10-4-1-2-6-12(10)13/h1-7,11,14,44H,8-9H2. The maximum Gasteiger partial charge on any atom is 0.460 e. The van der Waals surface area contributed by atoms with Gasteiger partial charge in [0.2, 0.25) is 5.88 Å². The number of carbonyl (C=O) groups is 1. The Balaban J connectivity index is 1.53. The molecule has 3 heterocycles. The molecule has 0 spiro atoms. The Kier molecular flexibility index (Phi) is 6.87. The first-order valence-electron chi connectivity index (χ1n) is 12.5. The largest absolute Gasteiger partial charge is 0.493 e. The van der Waals surface area contributed by atoms with Gasteiger partial charge in [-0.25, -0.2) is 9.36 Å². The van der Waals surface area contributed by atoms with Crippen LogP contribution in [0.1, 0.15) is 24.2 Å². The minimum Gasteiger partial charge on any atom is -0.493 e. The van der Waals surface area contributed by atoms with Gasteiger partial charge in [0.05, 0.1) is 17.8 Å². The van der Waals surface area contributed by atoms with Crippen molar-refractivity contribution in [2.45, 2.75) is 60.2 Å². The number of hydrogen-bond donors (Lipinski definition) is 1. The van der Waals surface area contributed by atoms with Crippen molar-refractivity contribution in [2.75, 3.05) is 6.54 Å². The number of alkyl halides is 15. The van der Waals surface area contributed by atoms with Crippen molar-refractivity contribution in [1.29, 1.82) is 0 Å². The molecule has 2 unspecified atom stereocenters. The lowest BCUT2D eigenvalue weighted by Gasteiger charge is -2.42. The number of hydrogen-bond acceptors (Lipinski definition) is 3. The molecule has 0 aliphatic carbocycles. The van der Waals surface area contributed by atoms with Gasteiger partial charge in [0.15, 0.2) is 0 Å². The number of aromatic hydroxyl groups is 1. The Hall–Kier alpha value is -4.07. The van der Waals surface area contributed by atoms with E-state index in [4.69, 9.17) is 0 Å². The molecule has 1 fully saturated rings. The number of halogens is 15. The molecule has 2 bridgehead atoms. The summed E-state index contributed by atoms with van der Waals surface area (Å²) in [5.74, 6) is -53.2. The molecule has 252 valence electrons. The maximum atomic E-state index is 14.8. The molecule has 21 heteroatoms. The third kappa shape index (κ3) is 3.88. The van der Waals surface area contributed by atoms with E-state index < -0.39 is 89.9 Å². The van der Waals surface area contributed by atoms with Gasteiger partial charge in [-0.3, -0.25) is 9.36 Å². The first-order chi connectivity index (χ1) is 20.8. The summed E-state index contributed by atoms with van der Waals surface area (Å²) in [6.07, 6.45) is -8.36. The second-order valence-electron chi connectivity index (χ2n) is 10.5. The Morgan fingerprint density at radius 2 is 1.24 bits per heavy atom. The monoisotopic (exact) mass is 689 g/mol. The molecule has 2 aliphatic heterocycles. The predicted octanol–water partition coefficient (Wildman–Crippen LogP) is 6.70. The van der Waals surface area contributed by atoms with Crippen LogP contribution in [-0.4, -0.2) is 73.3 Å². The molecule has 0 saturated carbocycles. The lowest BCUT2D eigenvalue weighted by atomic mass is 9.90. The Morgan fingerprint density at radius 3 is 1.83 bits per heavy atom. The summed E-state index contributed by atoms with van der Waals surface area (Å²) >= 11 is 0. The molecule has 5 rings (SSSR count). The Labute approximate surface area is 244 Å². The van der Waals surface area contributed by atoms with Gasteiger partial charge in [-0.15, -0.1) is 0 Å². The van der Waals surface area contributed by atoms with Crippen LogP contribution >= 0.6 is 0 Å².